The number of oxazole rings is 1. The molecule has 2 heterocycles. The van der Waals surface area contributed by atoms with E-state index < -0.39 is 0 Å². The van der Waals surface area contributed by atoms with Gasteiger partial charge in [0.1, 0.15) is 5.69 Å². The number of nitrogens with one attached hydrogen (secondary N) is 2. The molecule has 4 rings (SSSR count). The lowest BCUT2D eigenvalue weighted by Gasteiger charge is -2.54. The Balaban J connectivity index is 0.00000210. The van der Waals surface area contributed by atoms with Crippen LogP contribution in [0.5, 0.6) is 0 Å². The third kappa shape index (κ3) is 3.71. The van der Waals surface area contributed by atoms with Gasteiger partial charge in [-0.25, -0.2) is 4.98 Å². The van der Waals surface area contributed by atoms with Crippen molar-refractivity contribution < 1.29 is 9.15 Å². The Labute approximate surface area is 177 Å². The molecule has 2 aromatic rings. The van der Waals surface area contributed by atoms with Crippen molar-refractivity contribution in [1.82, 2.24) is 15.6 Å². The molecule has 2 aliphatic rings. The maximum Gasteiger partial charge on any atom is 0.191 e. The van der Waals surface area contributed by atoms with Crippen LogP contribution in [-0.2, 0) is 11.3 Å². The predicted molar refractivity (Wildman–Crippen MR) is 116 cm³/mol. The van der Waals surface area contributed by atoms with Crippen LogP contribution in [0.2, 0.25) is 0 Å². The zero-order valence-corrected chi connectivity index (χ0v) is 18.3. The summed E-state index contributed by atoms with van der Waals surface area (Å²) in [5.74, 6) is 2.15. The van der Waals surface area contributed by atoms with Crippen molar-refractivity contribution in [3.8, 4) is 11.3 Å². The predicted octanol–water partition coefficient (Wildman–Crippen LogP) is 3.44. The molecule has 1 saturated heterocycles. The summed E-state index contributed by atoms with van der Waals surface area (Å²) in [4.78, 5) is 8.75. The van der Waals surface area contributed by atoms with Crippen molar-refractivity contribution >= 4 is 29.9 Å². The normalized spacial score (nSPS) is 25.9. The van der Waals surface area contributed by atoms with Gasteiger partial charge in [-0.1, -0.05) is 44.2 Å². The highest BCUT2D eigenvalue weighted by molar-refractivity contribution is 14.0. The van der Waals surface area contributed by atoms with Crippen LogP contribution in [-0.4, -0.2) is 36.7 Å². The van der Waals surface area contributed by atoms with Gasteiger partial charge in [-0.15, -0.1) is 24.0 Å². The Morgan fingerprint density at radius 3 is 2.81 bits per heavy atom. The van der Waals surface area contributed by atoms with Crippen molar-refractivity contribution in [1.29, 1.82) is 0 Å². The molecule has 1 aliphatic carbocycles. The smallest absolute Gasteiger partial charge is 0.191 e. The summed E-state index contributed by atoms with van der Waals surface area (Å²) in [6.07, 6.45) is 2.97. The van der Waals surface area contributed by atoms with Crippen molar-refractivity contribution in [2.45, 2.75) is 39.0 Å². The number of rotatable bonds is 4. The SMILES string of the molecule is CN=C(NCc1ncoc1-c1ccccc1)NC1C2CCOC2C1(C)C.I. The van der Waals surface area contributed by atoms with E-state index in [4.69, 9.17) is 9.15 Å². The van der Waals surface area contributed by atoms with Crippen LogP contribution in [0.4, 0.5) is 0 Å². The third-order valence-electron chi connectivity index (χ3n) is 5.72. The van der Waals surface area contributed by atoms with E-state index in [1.165, 1.54) is 6.39 Å². The van der Waals surface area contributed by atoms with Gasteiger partial charge >= 0.3 is 0 Å². The molecule has 27 heavy (non-hydrogen) atoms. The van der Waals surface area contributed by atoms with Gasteiger partial charge in [-0.05, 0) is 6.42 Å². The van der Waals surface area contributed by atoms with Gasteiger partial charge < -0.3 is 19.8 Å². The van der Waals surface area contributed by atoms with Crippen LogP contribution in [0.3, 0.4) is 0 Å². The molecule has 1 aliphatic heterocycles. The first-order valence-corrected chi connectivity index (χ1v) is 9.18. The Kier molecular flexibility index (Phi) is 6.10. The number of hydrogen-bond donors (Lipinski definition) is 2. The average molecular weight is 482 g/mol. The number of aromatic nitrogens is 1. The molecule has 146 valence electrons. The molecular formula is C20H27IN4O2. The molecule has 1 aromatic carbocycles. The Morgan fingerprint density at radius 1 is 1.30 bits per heavy atom. The minimum absolute atomic E-state index is 0. The van der Waals surface area contributed by atoms with E-state index in [-0.39, 0.29) is 29.4 Å². The molecule has 1 aromatic heterocycles. The molecular weight excluding hydrogens is 455 g/mol. The summed E-state index contributed by atoms with van der Waals surface area (Å²) in [7, 11) is 1.80. The first kappa shape index (κ1) is 20.1. The van der Waals surface area contributed by atoms with Crippen LogP contribution < -0.4 is 10.6 Å². The van der Waals surface area contributed by atoms with Crippen LogP contribution in [0.1, 0.15) is 26.0 Å². The zero-order chi connectivity index (χ0) is 18.1. The summed E-state index contributed by atoms with van der Waals surface area (Å²) in [5.41, 5.74) is 2.01. The number of benzene rings is 1. The summed E-state index contributed by atoms with van der Waals surface area (Å²) >= 11 is 0. The average Bonchev–Trinajstić information content (AvgIpc) is 3.30. The highest BCUT2D eigenvalue weighted by Crippen LogP contribution is 2.52. The highest BCUT2D eigenvalue weighted by Gasteiger charge is 2.59. The van der Waals surface area contributed by atoms with Crippen LogP contribution in [0.15, 0.2) is 46.1 Å². The van der Waals surface area contributed by atoms with Crippen molar-refractivity contribution in [2.75, 3.05) is 13.7 Å². The van der Waals surface area contributed by atoms with Crippen LogP contribution in [0.25, 0.3) is 11.3 Å². The van der Waals surface area contributed by atoms with E-state index in [2.05, 4.69) is 34.5 Å². The van der Waals surface area contributed by atoms with Crippen molar-refractivity contribution in [2.24, 2.45) is 16.3 Å². The van der Waals surface area contributed by atoms with Gasteiger partial charge in [0.2, 0.25) is 0 Å². The lowest BCUT2D eigenvalue weighted by Crippen LogP contribution is -2.67. The molecule has 2 N–H and O–H groups in total. The second-order valence-electron chi connectivity index (χ2n) is 7.61. The number of ether oxygens (including phenoxy) is 1. The summed E-state index contributed by atoms with van der Waals surface area (Å²) in [6, 6.07) is 10.4. The Hall–Kier alpha value is -1.61. The molecule has 7 heteroatoms. The Bertz CT molecular complexity index is 790. The highest BCUT2D eigenvalue weighted by atomic mass is 127. The van der Waals surface area contributed by atoms with E-state index >= 15 is 0 Å². The molecule has 1 saturated carbocycles. The van der Waals surface area contributed by atoms with E-state index in [0.29, 0.717) is 24.6 Å². The fraction of sp³-hybridized carbons (Fsp3) is 0.500. The largest absolute Gasteiger partial charge is 0.443 e. The second kappa shape index (κ2) is 8.18. The molecule has 0 spiro atoms. The standard InChI is InChI=1S/C20H26N4O2.HI/c1-20(2)17(14-9-10-25-18(14)20)24-19(21-3)22-11-15-16(26-12-23-15)13-7-5-4-6-8-13;/h4-8,12,14,17-18H,9-11H2,1-3H3,(H2,21,22,24);1H. The molecule has 0 bridgehead atoms. The fourth-order valence-electron chi connectivity index (χ4n) is 4.35. The number of hydrogen-bond acceptors (Lipinski definition) is 4. The maximum absolute atomic E-state index is 5.87. The van der Waals surface area contributed by atoms with Gasteiger partial charge in [0.25, 0.3) is 0 Å². The van der Waals surface area contributed by atoms with E-state index in [1.807, 2.05) is 30.3 Å². The van der Waals surface area contributed by atoms with Gasteiger partial charge in [0.15, 0.2) is 18.1 Å². The first-order chi connectivity index (χ1) is 12.6. The Morgan fingerprint density at radius 2 is 2.07 bits per heavy atom. The summed E-state index contributed by atoms with van der Waals surface area (Å²) in [6.45, 7) is 5.94. The summed E-state index contributed by atoms with van der Waals surface area (Å²) < 4.78 is 11.5. The molecule has 0 amide bonds. The minimum Gasteiger partial charge on any atom is -0.443 e. The fourth-order valence-corrected chi connectivity index (χ4v) is 4.35. The van der Waals surface area contributed by atoms with Gasteiger partial charge in [-0.3, -0.25) is 4.99 Å². The number of guanidine groups is 1. The van der Waals surface area contributed by atoms with Crippen LogP contribution in [0, 0.1) is 11.3 Å². The van der Waals surface area contributed by atoms with Crippen molar-refractivity contribution in [3.05, 3.63) is 42.4 Å². The van der Waals surface area contributed by atoms with Gasteiger partial charge in [0.05, 0.1) is 12.6 Å². The number of nitrogens with zero attached hydrogens (tertiary/aromatic N) is 2. The zero-order valence-electron chi connectivity index (χ0n) is 15.9. The van der Waals surface area contributed by atoms with E-state index in [0.717, 1.165) is 36.0 Å². The lowest BCUT2D eigenvalue weighted by atomic mass is 9.57. The number of aliphatic imine (C=N–C) groups is 1. The van der Waals surface area contributed by atoms with Gasteiger partial charge in [-0.2, -0.15) is 0 Å². The van der Waals surface area contributed by atoms with E-state index in [9.17, 15) is 0 Å². The molecule has 6 nitrogen and oxygen atoms in total. The molecule has 3 atom stereocenters. The number of halogens is 1. The quantitative estimate of drug-likeness (QED) is 0.397. The van der Waals surface area contributed by atoms with Gasteiger partial charge in [0, 0.05) is 36.6 Å². The molecule has 3 unspecified atom stereocenters. The molecule has 2 fully saturated rings. The topological polar surface area (TPSA) is 71.7 Å². The van der Waals surface area contributed by atoms with E-state index in [1.54, 1.807) is 7.05 Å². The second-order valence-corrected chi connectivity index (χ2v) is 7.61. The van der Waals surface area contributed by atoms with Crippen LogP contribution >= 0.6 is 24.0 Å². The lowest BCUT2D eigenvalue weighted by molar-refractivity contribution is -0.106. The minimum atomic E-state index is 0. The van der Waals surface area contributed by atoms with Crippen molar-refractivity contribution in [3.63, 3.8) is 0 Å². The third-order valence-corrected chi connectivity index (χ3v) is 5.72. The molecule has 0 radical (unpaired) electrons. The monoisotopic (exact) mass is 482 g/mol. The number of fused-ring (bicyclic) bond motifs is 1. The summed E-state index contributed by atoms with van der Waals surface area (Å²) in [5, 5.41) is 6.96. The maximum atomic E-state index is 5.87. The first-order valence-electron chi connectivity index (χ1n) is 9.18.